The molecule has 0 saturated carbocycles. The van der Waals surface area contributed by atoms with Crippen molar-refractivity contribution in [2.24, 2.45) is 5.73 Å². The van der Waals surface area contributed by atoms with Crippen LogP contribution >= 0.6 is 0 Å². The highest BCUT2D eigenvalue weighted by molar-refractivity contribution is 5.76. The zero-order valence-corrected chi connectivity index (χ0v) is 9.06. The lowest BCUT2D eigenvalue weighted by atomic mass is 10.2. The maximum Gasteiger partial charge on any atom is 0.225 e. The third-order valence-electron chi connectivity index (χ3n) is 2.09. The van der Waals surface area contributed by atoms with Gasteiger partial charge in [0.15, 0.2) is 0 Å². The Morgan fingerprint density at radius 1 is 1.40 bits per heavy atom. The second-order valence-electron chi connectivity index (χ2n) is 3.13. The summed E-state index contributed by atoms with van der Waals surface area (Å²) in [4.78, 5) is 13.0. The van der Waals surface area contributed by atoms with Gasteiger partial charge in [0.1, 0.15) is 0 Å². The molecule has 1 unspecified atom stereocenters. The fraction of sp³-hybridized carbons (Fsp3) is 0.889. The Bertz CT molecular complexity index is 167. The average molecular weight is 220 g/mol. The SMILES string of the molecule is COC(CN)CC(=O)N(CCO)CCO. The van der Waals surface area contributed by atoms with Crippen LogP contribution in [0, 0.1) is 0 Å². The number of rotatable bonds is 8. The van der Waals surface area contributed by atoms with Gasteiger partial charge in [-0.15, -0.1) is 0 Å². The number of hydrogen-bond donors (Lipinski definition) is 3. The summed E-state index contributed by atoms with van der Waals surface area (Å²) in [5.41, 5.74) is 5.39. The Morgan fingerprint density at radius 3 is 2.27 bits per heavy atom. The first-order valence-corrected chi connectivity index (χ1v) is 4.91. The number of hydrogen-bond acceptors (Lipinski definition) is 5. The first-order valence-electron chi connectivity index (χ1n) is 4.91. The fourth-order valence-corrected chi connectivity index (χ4v) is 1.19. The molecule has 6 heteroatoms. The van der Waals surface area contributed by atoms with Crippen LogP contribution in [-0.2, 0) is 9.53 Å². The van der Waals surface area contributed by atoms with Crippen molar-refractivity contribution in [3.05, 3.63) is 0 Å². The van der Waals surface area contributed by atoms with Crippen molar-refractivity contribution in [3.63, 3.8) is 0 Å². The zero-order valence-electron chi connectivity index (χ0n) is 9.06. The number of aliphatic hydroxyl groups excluding tert-OH is 2. The molecule has 0 aromatic heterocycles. The van der Waals surface area contributed by atoms with E-state index in [0.717, 1.165) is 0 Å². The molecule has 0 heterocycles. The van der Waals surface area contributed by atoms with Gasteiger partial charge in [-0.2, -0.15) is 0 Å². The van der Waals surface area contributed by atoms with Crippen molar-refractivity contribution in [1.29, 1.82) is 0 Å². The monoisotopic (exact) mass is 220 g/mol. The molecule has 90 valence electrons. The Balaban J connectivity index is 4.10. The van der Waals surface area contributed by atoms with E-state index < -0.39 is 0 Å². The molecular weight excluding hydrogens is 200 g/mol. The van der Waals surface area contributed by atoms with E-state index in [4.69, 9.17) is 20.7 Å². The smallest absolute Gasteiger partial charge is 0.225 e. The molecular formula is C9H20N2O4. The van der Waals surface area contributed by atoms with Gasteiger partial charge >= 0.3 is 0 Å². The van der Waals surface area contributed by atoms with Crippen molar-refractivity contribution in [3.8, 4) is 0 Å². The van der Waals surface area contributed by atoms with Crippen molar-refractivity contribution in [1.82, 2.24) is 4.90 Å². The van der Waals surface area contributed by atoms with Gasteiger partial charge in [0.05, 0.1) is 25.7 Å². The normalized spacial score (nSPS) is 12.5. The maximum atomic E-state index is 11.6. The number of nitrogens with two attached hydrogens (primary N) is 1. The molecule has 0 rings (SSSR count). The summed E-state index contributed by atoms with van der Waals surface area (Å²) < 4.78 is 4.98. The van der Waals surface area contributed by atoms with E-state index in [0.29, 0.717) is 0 Å². The quantitative estimate of drug-likeness (QED) is 0.447. The largest absolute Gasteiger partial charge is 0.395 e. The van der Waals surface area contributed by atoms with Gasteiger partial charge < -0.3 is 25.6 Å². The van der Waals surface area contributed by atoms with Gasteiger partial charge in [-0.3, -0.25) is 4.79 Å². The lowest BCUT2D eigenvalue weighted by molar-refractivity contribution is -0.134. The van der Waals surface area contributed by atoms with E-state index in [1.165, 1.54) is 12.0 Å². The van der Waals surface area contributed by atoms with Crippen LogP contribution in [0.15, 0.2) is 0 Å². The Labute approximate surface area is 89.6 Å². The summed E-state index contributed by atoms with van der Waals surface area (Å²) in [6.45, 7) is 0.479. The molecule has 1 amide bonds. The van der Waals surface area contributed by atoms with E-state index >= 15 is 0 Å². The maximum absolute atomic E-state index is 11.6. The second kappa shape index (κ2) is 8.60. The highest BCUT2D eigenvalue weighted by Crippen LogP contribution is 2.00. The third-order valence-corrected chi connectivity index (χ3v) is 2.09. The molecule has 0 bridgehead atoms. The molecule has 0 aliphatic carbocycles. The van der Waals surface area contributed by atoms with Crippen LogP contribution in [0.1, 0.15) is 6.42 Å². The lowest BCUT2D eigenvalue weighted by Gasteiger charge is -2.22. The molecule has 0 fully saturated rings. The second-order valence-corrected chi connectivity index (χ2v) is 3.13. The van der Waals surface area contributed by atoms with Crippen LogP contribution in [0.3, 0.4) is 0 Å². The Hall–Kier alpha value is -0.690. The van der Waals surface area contributed by atoms with Crippen LogP contribution in [0.25, 0.3) is 0 Å². The summed E-state index contributed by atoms with van der Waals surface area (Å²) in [5.74, 6) is -0.171. The van der Waals surface area contributed by atoms with E-state index in [9.17, 15) is 4.79 Å². The zero-order chi connectivity index (χ0) is 11.7. The minimum absolute atomic E-state index is 0.119. The molecule has 1 atom stereocenters. The standard InChI is InChI=1S/C9H20N2O4/c1-15-8(7-10)6-9(14)11(2-4-12)3-5-13/h8,12-13H,2-7,10H2,1H3. The molecule has 0 radical (unpaired) electrons. The predicted octanol–water partition coefficient (Wildman–Crippen LogP) is -1.84. The molecule has 0 aromatic carbocycles. The number of carbonyl (C=O) groups is 1. The molecule has 0 saturated heterocycles. The third kappa shape index (κ3) is 5.68. The van der Waals surface area contributed by atoms with E-state index in [1.807, 2.05) is 0 Å². The molecule has 15 heavy (non-hydrogen) atoms. The van der Waals surface area contributed by atoms with E-state index in [1.54, 1.807) is 0 Å². The van der Waals surface area contributed by atoms with Gasteiger partial charge in [0.2, 0.25) is 5.91 Å². The van der Waals surface area contributed by atoms with Crippen molar-refractivity contribution in [2.75, 3.05) is 40.0 Å². The van der Waals surface area contributed by atoms with Crippen molar-refractivity contribution in [2.45, 2.75) is 12.5 Å². The van der Waals surface area contributed by atoms with Crippen LogP contribution in [0.5, 0.6) is 0 Å². The Morgan fingerprint density at radius 2 is 1.93 bits per heavy atom. The van der Waals surface area contributed by atoms with Crippen molar-refractivity contribution < 1.29 is 19.7 Å². The molecule has 0 aromatic rings. The molecule has 0 aliphatic heterocycles. The Kier molecular flexibility index (Phi) is 8.21. The van der Waals surface area contributed by atoms with Crippen LogP contribution in [-0.4, -0.2) is 67.1 Å². The van der Waals surface area contributed by atoms with Gasteiger partial charge in [0.25, 0.3) is 0 Å². The highest BCUT2D eigenvalue weighted by Gasteiger charge is 2.17. The molecule has 4 N–H and O–H groups in total. The first kappa shape index (κ1) is 14.3. The number of ether oxygens (including phenoxy) is 1. The van der Waals surface area contributed by atoms with Gasteiger partial charge in [0, 0.05) is 26.7 Å². The number of aliphatic hydroxyl groups is 2. The van der Waals surface area contributed by atoms with E-state index in [-0.39, 0.29) is 51.3 Å². The number of methoxy groups -OCH3 is 1. The average Bonchev–Trinajstić information content (AvgIpc) is 2.25. The number of carbonyl (C=O) groups excluding carboxylic acids is 1. The summed E-state index contributed by atoms with van der Waals surface area (Å²) in [5, 5.41) is 17.5. The summed E-state index contributed by atoms with van der Waals surface area (Å²) in [6.07, 6.45) is -0.134. The van der Waals surface area contributed by atoms with E-state index in [2.05, 4.69) is 0 Å². The minimum Gasteiger partial charge on any atom is -0.395 e. The van der Waals surface area contributed by atoms with Crippen molar-refractivity contribution >= 4 is 5.91 Å². The summed E-state index contributed by atoms with van der Waals surface area (Å²) >= 11 is 0. The van der Waals surface area contributed by atoms with Gasteiger partial charge in [-0.25, -0.2) is 0 Å². The topological polar surface area (TPSA) is 96.0 Å². The van der Waals surface area contributed by atoms with Gasteiger partial charge in [-0.1, -0.05) is 0 Å². The fourth-order valence-electron chi connectivity index (χ4n) is 1.19. The predicted molar refractivity (Wildman–Crippen MR) is 55.2 cm³/mol. The molecule has 6 nitrogen and oxygen atoms in total. The lowest BCUT2D eigenvalue weighted by Crippen LogP contribution is -2.39. The van der Waals surface area contributed by atoms with Crippen LogP contribution < -0.4 is 5.73 Å². The summed E-state index contributed by atoms with van der Waals surface area (Å²) in [6, 6.07) is 0. The van der Waals surface area contributed by atoms with Crippen LogP contribution in [0.2, 0.25) is 0 Å². The van der Waals surface area contributed by atoms with Crippen LogP contribution in [0.4, 0.5) is 0 Å². The number of amides is 1. The minimum atomic E-state index is -0.308. The highest BCUT2D eigenvalue weighted by atomic mass is 16.5. The summed E-state index contributed by atoms with van der Waals surface area (Å²) in [7, 11) is 1.49. The molecule has 0 spiro atoms. The number of nitrogens with zero attached hydrogens (tertiary/aromatic N) is 1. The molecule has 0 aliphatic rings. The first-order chi connectivity index (χ1) is 7.19. The van der Waals surface area contributed by atoms with Gasteiger partial charge in [-0.05, 0) is 0 Å².